The van der Waals surface area contributed by atoms with Gasteiger partial charge in [0, 0.05) is 165 Å². The van der Waals surface area contributed by atoms with E-state index in [4.69, 9.17) is 42.7 Å². The van der Waals surface area contributed by atoms with E-state index in [0.717, 1.165) is 50.4 Å². The first-order valence-corrected chi connectivity index (χ1v) is 37.6. The van der Waals surface area contributed by atoms with Gasteiger partial charge in [-0.3, -0.25) is 53.1 Å². The molecule has 10 rings (SSSR count). The summed E-state index contributed by atoms with van der Waals surface area (Å²) in [5.41, 5.74) is 8.74. The van der Waals surface area contributed by atoms with E-state index in [1.165, 1.54) is 55.2 Å². The van der Waals surface area contributed by atoms with Crippen molar-refractivity contribution < 1.29 is 80.8 Å². The zero-order valence-corrected chi connectivity index (χ0v) is 65.9. The second-order valence-corrected chi connectivity index (χ2v) is 26.6. The van der Waals surface area contributed by atoms with Crippen LogP contribution in [-0.2, 0) is 82.8 Å². The monoisotopic (exact) mass is 1600 g/mol. The number of aryl methyl sites for hydroxylation is 7. The molecular weight excluding hydrogens is 1500 g/mol. The van der Waals surface area contributed by atoms with Crippen LogP contribution in [0.4, 0.5) is 23.0 Å². The van der Waals surface area contributed by atoms with E-state index >= 15 is 0 Å². The Hall–Kier alpha value is -12.6. The van der Waals surface area contributed by atoms with Gasteiger partial charge in [-0.2, -0.15) is 0 Å². The molecule has 1 aromatic carbocycles. The van der Waals surface area contributed by atoms with Crippen molar-refractivity contribution in [3.8, 4) is 22.3 Å². The van der Waals surface area contributed by atoms with E-state index in [-0.39, 0.29) is 116 Å². The molecule has 9 aromatic heterocycles. The molecule has 0 fully saturated rings. The molecule has 0 aliphatic carbocycles. The molecule has 10 aromatic rings. The first-order valence-electron chi connectivity index (χ1n) is 37.6. The van der Waals surface area contributed by atoms with Crippen molar-refractivity contribution in [1.29, 1.82) is 0 Å². The number of fused-ring (bicyclic) bond motifs is 1. The predicted octanol–water partition coefficient (Wildman–Crippen LogP) is 4.66. The average Bonchev–Trinajstić information content (AvgIpc) is 1.58. The maximum absolute atomic E-state index is 13.3. The number of aromatic nitrogens is 12. The van der Waals surface area contributed by atoms with E-state index in [2.05, 4.69) is 96.7 Å². The van der Waals surface area contributed by atoms with Gasteiger partial charge in [-0.1, -0.05) is 23.4 Å². The fourth-order valence-electron chi connectivity index (χ4n) is 12.1. The summed E-state index contributed by atoms with van der Waals surface area (Å²) in [6, 6.07) is 18.3. The number of pyridine rings is 2. The van der Waals surface area contributed by atoms with Crippen LogP contribution in [0.2, 0.25) is 0 Å². The Balaban J connectivity index is 0.482. The predicted molar refractivity (Wildman–Crippen MR) is 424 cm³/mol. The highest BCUT2D eigenvalue weighted by molar-refractivity contribution is 6.05. The Morgan fingerprint density at radius 3 is 1.41 bits per heavy atom. The van der Waals surface area contributed by atoms with Crippen LogP contribution in [-0.4, -0.2) is 236 Å². The molecule has 9 N–H and O–H groups in total. The van der Waals surface area contributed by atoms with Crippen molar-refractivity contribution >= 4 is 87.2 Å². The summed E-state index contributed by atoms with van der Waals surface area (Å²) in [6.07, 6.45) is 14.5. The quantitative estimate of drug-likeness (QED) is 0.0234. The molecule has 0 bridgehead atoms. The smallest absolute Gasteiger partial charge is 0.291 e. The van der Waals surface area contributed by atoms with E-state index < -0.39 is 41.4 Å². The highest BCUT2D eigenvalue weighted by Gasteiger charge is 2.25. The minimum Gasteiger partial charge on any atom is -0.377 e. The largest absolute Gasteiger partial charge is 0.377 e. The van der Waals surface area contributed by atoms with Gasteiger partial charge in [0.1, 0.15) is 17.1 Å². The summed E-state index contributed by atoms with van der Waals surface area (Å²) in [6.45, 7) is 11.5. The van der Waals surface area contributed by atoms with E-state index in [1.54, 1.807) is 58.4 Å². The zero-order valence-electron chi connectivity index (χ0n) is 65.9. The van der Waals surface area contributed by atoms with Crippen molar-refractivity contribution in [1.82, 2.24) is 84.1 Å². The molecule has 0 saturated carbocycles. The topological polar surface area (TPSA) is 447 Å². The number of anilines is 4. The molecule has 9 heterocycles. The summed E-state index contributed by atoms with van der Waals surface area (Å²) >= 11 is 0. The molecule has 116 heavy (non-hydrogen) atoms. The number of hydrogen-bond donors (Lipinski definition) is 9. The molecule has 0 aliphatic heterocycles. The Morgan fingerprint density at radius 2 is 0.922 bits per heavy atom. The molecular formula is C78H97N21O17. The van der Waals surface area contributed by atoms with Gasteiger partial charge in [0.2, 0.25) is 29.4 Å². The molecule has 0 radical (unpaired) electrons. The second-order valence-electron chi connectivity index (χ2n) is 26.6. The van der Waals surface area contributed by atoms with E-state index in [9.17, 15) is 43.2 Å². The Morgan fingerprint density at radius 1 is 0.440 bits per heavy atom. The highest BCUT2D eigenvalue weighted by atomic mass is 16.6. The normalized spacial score (nSPS) is 11.5. The van der Waals surface area contributed by atoms with Gasteiger partial charge in [-0.25, -0.2) is 15.0 Å². The van der Waals surface area contributed by atoms with Gasteiger partial charge >= 0.3 is 0 Å². The number of nitrogens with one attached hydrogen (secondary N) is 9. The van der Waals surface area contributed by atoms with Crippen LogP contribution >= 0.6 is 0 Å². The van der Waals surface area contributed by atoms with Crippen molar-refractivity contribution in [2.24, 2.45) is 35.2 Å². The number of imidazole rings is 3. The minimum absolute atomic E-state index is 0.00710. The molecule has 0 spiro atoms. The van der Waals surface area contributed by atoms with Crippen LogP contribution in [0.15, 0.2) is 121 Å². The van der Waals surface area contributed by atoms with Gasteiger partial charge < -0.3 is 113 Å². The number of benzene rings is 1. The number of nitrogens with zero attached hydrogens (tertiary/aromatic N) is 12. The Kier molecular flexibility index (Phi) is 31.9. The number of carbonyl (C=O) groups is 9. The van der Waals surface area contributed by atoms with Crippen molar-refractivity contribution in [3.63, 3.8) is 0 Å². The zero-order chi connectivity index (χ0) is 82.5. The van der Waals surface area contributed by atoms with Gasteiger partial charge in [0.25, 0.3) is 35.4 Å². The van der Waals surface area contributed by atoms with Crippen LogP contribution in [0.3, 0.4) is 0 Å². The lowest BCUT2D eigenvalue weighted by Gasteiger charge is -2.15. The SMILES string of the molecule is Cc1noc(C)c1-c1cnc2c(-c3ccc(C(=O)NCCOCCOCCOCCOCCOCCOCCOCCNC(=O)CCNC(=O)c4nc(NC(=O)CCNC(=O)c5cc(NC(=O)c6nc(NC(=O)CCNC(=O)c7cc(NC(=O)c8nccn8C)cn7C)cn6C)cn5C)cn4C)cc3)cn([C@@H](C)c3ccccn3)c2c1. The summed E-state index contributed by atoms with van der Waals surface area (Å²) in [7, 11) is 8.04. The lowest BCUT2D eigenvalue weighted by atomic mass is 10.0. The molecule has 0 saturated heterocycles. The maximum atomic E-state index is 13.3. The summed E-state index contributed by atoms with van der Waals surface area (Å²) in [5, 5.41) is 28.4. The van der Waals surface area contributed by atoms with Crippen molar-refractivity contribution in [2.75, 3.05) is 146 Å². The molecule has 38 heteroatoms. The number of amides is 9. The van der Waals surface area contributed by atoms with Crippen LogP contribution in [0.1, 0.15) is 113 Å². The maximum Gasteiger partial charge on any atom is 0.291 e. The third kappa shape index (κ3) is 24.7. The molecule has 0 aliphatic rings. The minimum atomic E-state index is -0.640. The fraction of sp³-hybridized carbons (Fsp3) is 0.397. The third-order valence-electron chi connectivity index (χ3n) is 17.9. The van der Waals surface area contributed by atoms with Crippen LogP contribution in [0.25, 0.3) is 33.3 Å². The lowest BCUT2D eigenvalue weighted by Crippen LogP contribution is -2.33. The standard InChI is InChI=1S/C78H97N21O17/c1-50-68(52(3)116-93-50)55-41-60-69(86-44-55)58(47-99(60)51(2)59-11-9-10-19-79-59)53-12-14-54(15-13-53)73(103)85-25-28-110-30-32-112-34-36-114-38-40-115-39-37-113-35-33-111-31-29-109-27-24-80-65(100)16-20-84-76(106)71-91-63(48-97(71)7)89-66(101)17-21-83-75(105)62-43-57(46-96(62)6)88-78(108)72-92-64(49-98(72)8)90-67(102)18-22-82-74(104)61-42-56(45-95(61)5)87-77(107)70-81-23-26-94(70)4/h9-15,19,23,26,41-49,51H,16-18,20-22,24-25,27-40H2,1-8H3,(H,80,100)(H,82,104)(H,83,105)(H,84,106)(H,85,103)(H,87,107)(H,88,108)(H,89,101)(H,90,102)/t51-/m0/s1. The number of carbonyl (C=O) groups excluding carboxylic acids is 9. The second kappa shape index (κ2) is 43.1. The first-order chi connectivity index (χ1) is 56.1. The number of rotatable bonds is 47. The summed E-state index contributed by atoms with van der Waals surface area (Å²) in [5.74, 6) is -3.13. The van der Waals surface area contributed by atoms with Crippen LogP contribution in [0, 0.1) is 13.8 Å². The van der Waals surface area contributed by atoms with Crippen molar-refractivity contribution in [3.05, 3.63) is 168 Å². The van der Waals surface area contributed by atoms with Gasteiger partial charge in [-0.15, -0.1) is 0 Å². The average molecular weight is 1600 g/mol. The van der Waals surface area contributed by atoms with Crippen molar-refractivity contribution in [2.45, 2.75) is 46.1 Å². The number of ether oxygens (including phenoxy) is 7. The van der Waals surface area contributed by atoms with Crippen LogP contribution in [0.5, 0.6) is 0 Å². The lowest BCUT2D eigenvalue weighted by molar-refractivity contribution is -0.121. The first kappa shape index (κ1) is 85.8. The summed E-state index contributed by atoms with van der Waals surface area (Å²) in [4.78, 5) is 138. The highest BCUT2D eigenvalue weighted by Crippen LogP contribution is 2.37. The Bertz CT molecular complexity index is 4980. The number of hydrogen-bond acceptors (Lipinski definition) is 23. The van der Waals surface area contributed by atoms with Gasteiger partial charge in [-0.05, 0) is 68.8 Å². The molecule has 0 unspecified atom stereocenters. The van der Waals surface area contributed by atoms with Crippen LogP contribution < -0.4 is 47.9 Å². The molecule has 616 valence electrons. The van der Waals surface area contributed by atoms with Gasteiger partial charge in [0.05, 0.1) is 132 Å². The summed E-state index contributed by atoms with van der Waals surface area (Å²) < 4.78 is 54.1. The van der Waals surface area contributed by atoms with E-state index in [0.29, 0.717) is 104 Å². The molecule has 1 atom stereocenters. The van der Waals surface area contributed by atoms with E-state index in [1.807, 2.05) is 62.5 Å². The molecule has 38 nitrogen and oxygen atoms in total. The fourth-order valence-corrected chi connectivity index (χ4v) is 12.1. The molecule has 9 amide bonds. The third-order valence-corrected chi connectivity index (χ3v) is 17.9. The van der Waals surface area contributed by atoms with Gasteiger partial charge in [0.15, 0.2) is 17.5 Å². The Labute approximate surface area is 667 Å².